The normalized spacial score (nSPS) is 15.1. The molecule has 2 aromatic rings. The summed E-state index contributed by atoms with van der Waals surface area (Å²) in [6.45, 7) is 2.60. The maximum Gasteiger partial charge on any atom is 0.417 e. The molecule has 0 aliphatic heterocycles. The number of sulfonamides is 1. The lowest BCUT2D eigenvalue weighted by Gasteiger charge is -2.16. The Kier molecular flexibility index (Phi) is 5.29. The third-order valence-corrected chi connectivity index (χ3v) is 5.35. The molecule has 1 aliphatic carbocycles. The van der Waals surface area contributed by atoms with Gasteiger partial charge in [-0.3, -0.25) is 4.98 Å². The van der Waals surface area contributed by atoms with Crippen molar-refractivity contribution in [3.05, 3.63) is 47.2 Å². The highest BCUT2D eigenvalue weighted by Gasteiger charge is 2.36. The molecule has 1 fully saturated rings. The minimum Gasteiger partial charge on any atom is -0.376 e. The summed E-state index contributed by atoms with van der Waals surface area (Å²) in [6, 6.07) is 5.84. The van der Waals surface area contributed by atoms with E-state index in [9.17, 15) is 21.6 Å². The summed E-state index contributed by atoms with van der Waals surface area (Å²) in [5.74, 6) is 0.591. The Morgan fingerprint density at radius 2 is 1.93 bits per heavy atom. The number of aryl methyl sites for hydroxylation is 1. The molecule has 9 heteroatoms. The molecule has 2 N–H and O–H groups in total. The maximum absolute atomic E-state index is 13.4. The minimum atomic E-state index is -4.75. The molecule has 0 amide bonds. The molecular weight excluding hydrogens is 381 g/mol. The Hall–Kier alpha value is -1.97. The summed E-state index contributed by atoms with van der Waals surface area (Å²) in [5.41, 5.74) is -0.531. The fourth-order valence-corrected chi connectivity index (χ4v) is 3.54. The van der Waals surface area contributed by atoms with Crippen molar-refractivity contribution in [1.29, 1.82) is 0 Å². The van der Waals surface area contributed by atoms with Crippen molar-refractivity contribution in [3.63, 3.8) is 0 Å². The standard InChI is InChI=1S/C18H19F3N2O3S/c1-11-13(10-26-9-12-5-6-12)7-8-15(23-11)17-14(18(19,20)21)3-2-4-16(17)27(22,24)25/h2-4,7-8,12H,5-6,9-10H2,1H3,(H2,22,24,25). The summed E-state index contributed by atoms with van der Waals surface area (Å²) in [6.07, 6.45) is -2.45. The Morgan fingerprint density at radius 3 is 2.48 bits per heavy atom. The quantitative estimate of drug-likeness (QED) is 0.802. The summed E-state index contributed by atoms with van der Waals surface area (Å²) in [5, 5.41) is 5.13. The fourth-order valence-electron chi connectivity index (χ4n) is 2.77. The van der Waals surface area contributed by atoms with E-state index in [4.69, 9.17) is 9.88 Å². The first kappa shape index (κ1) is 19.8. The predicted octanol–water partition coefficient (Wildman–Crippen LogP) is 3.65. The summed E-state index contributed by atoms with van der Waals surface area (Å²) in [7, 11) is -4.37. The van der Waals surface area contributed by atoms with Gasteiger partial charge < -0.3 is 4.74 Å². The molecule has 0 unspecified atom stereocenters. The van der Waals surface area contributed by atoms with Crippen molar-refractivity contribution >= 4 is 10.0 Å². The van der Waals surface area contributed by atoms with Gasteiger partial charge in [0, 0.05) is 17.9 Å². The molecule has 1 aromatic heterocycles. The largest absolute Gasteiger partial charge is 0.417 e. The van der Waals surface area contributed by atoms with Crippen LogP contribution in [0.15, 0.2) is 35.2 Å². The van der Waals surface area contributed by atoms with Crippen molar-refractivity contribution in [2.24, 2.45) is 11.1 Å². The van der Waals surface area contributed by atoms with E-state index < -0.39 is 32.2 Å². The van der Waals surface area contributed by atoms with E-state index in [2.05, 4.69) is 4.98 Å². The van der Waals surface area contributed by atoms with Crippen LogP contribution in [0.3, 0.4) is 0 Å². The third kappa shape index (κ3) is 4.66. The average Bonchev–Trinajstić information content (AvgIpc) is 3.38. The number of aromatic nitrogens is 1. The molecular formula is C18H19F3N2O3S. The number of primary sulfonamides is 1. The molecule has 0 radical (unpaired) electrons. The molecule has 5 nitrogen and oxygen atoms in total. The number of alkyl halides is 3. The molecule has 0 saturated heterocycles. The van der Waals surface area contributed by atoms with Crippen molar-refractivity contribution in [2.75, 3.05) is 6.61 Å². The van der Waals surface area contributed by atoms with Crippen LogP contribution < -0.4 is 5.14 Å². The molecule has 1 saturated carbocycles. The Bertz CT molecular complexity index is 955. The van der Waals surface area contributed by atoms with Gasteiger partial charge in [0.2, 0.25) is 10.0 Å². The van der Waals surface area contributed by atoms with E-state index in [1.807, 2.05) is 0 Å². The lowest BCUT2D eigenvalue weighted by Crippen LogP contribution is -2.17. The Morgan fingerprint density at radius 1 is 1.22 bits per heavy atom. The Labute approximate surface area is 155 Å². The summed E-state index contributed by atoms with van der Waals surface area (Å²) in [4.78, 5) is 3.60. The highest BCUT2D eigenvalue weighted by Crippen LogP contribution is 2.39. The second-order valence-electron chi connectivity index (χ2n) is 6.62. The van der Waals surface area contributed by atoms with Crippen LogP contribution >= 0.6 is 0 Å². The molecule has 3 rings (SSSR count). The number of nitrogens with zero attached hydrogens (tertiary/aromatic N) is 1. The highest BCUT2D eigenvalue weighted by atomic mass is 32.2. The number of hydrogen-bond donors (Lipinski definition) is 1. The Balaban J connectivity index is 2.03. The smallest absolute Gasteiger partial charge is 0.376 e. The van der Waals surface area contributed by atoms with Crippen molar-refractivity contribution in [3.8, 4) is 11.3 Å². The highest BCUT2D eigenvalue weighted by molar-refractivity contribution is 7.89. The molecule has 0 spiro atoms. The molecule has 0 bridgehead atoms. The molecule has 1 heterocycles. The number of halogens is 3. The first-order chi connectivity index (χ1) is 12.6. The van der Waals surface area contributed by atoms with Gasteiger partial charge in [0.25, 0.3) is 0 Å². The monoisotopic (exact) mass is 400 g/mol. The van der Waals surface area contributed by atoms with Gasteiger partial charge in [-0.15, -0.1) is 0 Å². The first-order valence-corrected chi connectivity index (χ1v) is 9.89. The van der Waals surface area contributed by atoms with Crippen LogP contribution in [0, 0.1) is 12.8 Å². The van der Waals surface area contributed by atoms with Crippen molar-refractivity contribution in [1.82, 2.24) is 4.98 Å². The van der Waals surface area contributed by atoms with Gasteiger partial charge in [-0.25, -0.2) is 13.6 Å². The van der Waals surface area contributed by atoms with Crippen LogP contribution in [0.2, 0.25) is 0 Å². The van der Waals surface area contributed by atoms with Crippen LogP contribution in [-0.4, -0.2) is 20.0 Å². The molecule has 27 heavy (non-hydrogen) atoms. The third-order valence-electron chi connectivity index (χ3n) is 4.40. The van der Waals surface area contributed by atoms with Gasteiger partial charge >= 0.3 is 6.18 Å². The van der Waals surface area contributed by atoms with Crippen LogP contribution in [0.25, 0.3) is 11.3 Å². The van der Waals surface area contributed by atoms with Crippen LogP contribution in [0.5, 0.6) is 0 Å². The van der Waals surface area contributed by atoms with Crippen LogP contribution in [0.1, 0.15) is 29.7 Å². The fraction of sp³-hybridized carbons (Fsp3) is 0.389. The first-order valence-electron chi connectivity index (χ1n) is 8.35. The predicted molar refractivity (Wildman–Crippen MR) is 93.2 cm³/mol. The van der Waals surface area contributed by atoms with E-state index in [-0.39, 0.29) is 5.69 Å². The van der Waals surface area contributed by atoms with Crippen molar-refractivity contribution < 1.29 is 26.3 Å². The lowest BCUT2D eigenvalue weighted by atomic mass is 10.0. The maximum atomic E-state index is 13.4. The van der Waals surface area contributed by atoms with Gasteiger partial charge in [0.1, 0.15) is 0 Å². The number of nitrogens with two attached hydrogens (primary N) is 1. The number of rotatable bonds is 6. The van der Waals surface area contributed by atoms with E-state index in [0.29, 0.717) is 24.8 Å². The lowest BCUT2D eigenvalue weighted by molar-refractivity contribution is -0.137. The van der Waals surface area contributed by atoms with Gasteiger partial charge in [0.15, 0.2) is 0 Å². The second kappa shape index (κ2) is 7.21. The zero-order chi connectivity index (χ0) is 19.8. The van der Waals surface area contributed by atoms with Crippen LogP contribution in [0.4, 0.5) is 13.2 Å². The van der Waals surface area contributed by atoms with Crippen LogP contribution in [-0.2, 0) is 27.5 Å². The van der Waals surface area contributed by atoms with Gasteiger partial charge in [0.05, 0.1) is 22.8 Å². The van der Waals surface area contributed by atoms with Gasteiger partial charge in [-0.1, -0.05) is 12.1 Å². The zero-order valence-electron chi connectivity index (χ0n) is 14.6. The van der Waals surface area contributed by atoms with Crippen molar-refractivity contribution in [2.45, 2.75) is 37.4 Å². The number of hydrogen-bond acceptors (Lipinski definition) is 4. The van der Waals surface area contributed by atoms with E-state index in [1.165, 1.54) is 6.07 Å². The van der Waals surface area contributed by atoms with E-state index in [0.717, 1.165) is 36.6 Å². The molecule has 1 aromatic carbocycles. The minimum absolute atomic E-state index is 0.101. The average molecular weight is 400 g/mol. The number of benzene rings is 1. The summed E-state index contributed by atoms with van der Waals surface area (Å²) < 4.78 is 69.6. The summed E-state index contributed by atoms with van der Waals surface area (Å²) >= 11 is 0. The topological polar surface area (TPSA) is 82.3 Å². The number of ether oxygens (including phenoxy) is 1. The zero-order valence-corrected chi connectivity index (χ0v) is 15.4. The molecule has 0 atom stereocenters. The van der Waals surface area contributed by atoms with E-state index >= 15 is 0 Å². The van der Waals surface area contributed by atoms with Gasteiger partial charge in [-0.05, 0) is 49.4 Å². The van der Waals surface area contributed by atoms with Gasteiger partial charge in [-0.2, -0.15) is 13.2 Å². The van der Waals surface area contributed by atoms with E-state index in [1.54, 1.807) is 13.0 Å². The molecule has 1 aliphatic rings. The number of pyridine rings is 1. The molecule has 146 valence electrons. The second-order valence-corrected chi connectivity index (χ2v) is 8.15. The SMILES string of the molecule is Cc1nc(-c2c(C(F)(F)F)cccc2S(N)(=O)=O)ccc1COCC1CC1.